The van der Waals surface area contributed by atoms with Crippen LogP contribution in [0.25, 0.3) is 0 Å². The highest BCUT2D eigenvalue weighted by Crippen LogP contribution is 2.30. The van der Waals surface area contributed by atoms with Crippen LogP contribution in [0.3, 0.4) is 0 Å². The first-order valence-electron chi connectivity index (χ1n) is 9.84. The van der Waals surface area contributed by atoms with Gasteiger partial charge in [0.05, 0.1) is 6.54 Å². The zero-order valence-electron chi connectivity index (χ0n) is 17.3. The van der Waals surface area contributed by atoms with Crippen molar-refractivity contribution >= 4 is 23.7 Å². The highest BCUT2D eigenvalue weighted by atomic mass is 35.5. The fourth-order valence-electron chi connectivity index (χ4n) is 3.44. The number of carboxylic acid groups (broad SMARTS) is 1. The summed E-state index contributed by atoms with van der Waals surface area (Å²) in [5.74, 6) is -0.448. The van der Waals surface area contributed by atoms with Crippen molar-refractivity contribution in [1.82, 2.24) is 4.90 Å². The predicted molar refractivity (Wildman–Crippen MR) is 114 cm³/mol. The maximum Gasteiger partial charge on any atom is 0.411 e. The van der Waals surface area contributed by atoms with Crippen LogP contribution in [0.4, 0.5) is 4.79 Å². The zero-order valence-corrected chi connectivity index (χ0v) is 18.1. The Morgan fingerprint density at radius 1 is 1.17 bits per heavy atom. The van der Waals surface area contributed by atoms with Gasteiger partial charge in [-0.25, -0.2) is 9.59 Å². The first kappa shape index (κ1) is 22.0. The monoisotopic (exact) mass is 431 g/mol. The van der Waals surface area contributed by atoms with Gasteiger partial charge in [0.2, 0.25) is 0 Å². The molecule has 0 aliphatic carbocycles. The average Bonchev–Trinajstić information content (AvgIpc) is 3.08. The number of ether oxygens (including phenoxy) is 2. The normalized spacial score (nSPS) is 18.9. The summed E-state index contributed by atoms with van der Waals surface area (Å²) >= 11 is 6.19. The fourth-order valence-corrected chi connectivity index (χ4v) is 3.63. The summed E-state index contributed by atoms with van der Waals surface area (Å²) in [6.07, 6.45) is -0.306. The van der Waals surface area contributed by atoms with E-state index in [0.29, 0.717) is 17.2 Å². The Hall–Kier alpha value is -2.73. The van der Waals surface area contributed by atoms with E-state index < -0.39 is 29.8 Å². The summed E-state index contributed by atoms with van der Waals surface area (Å²) < 4.78 is 11.5. The van der Waals surface area contributed by atoms with Gasteiger partial charge in [-0.3, -0.25) is 4.90 Å². The van der Waals surface area contributed by atoms with Gasteiger partial charge >= 0.3 is 12.1 Å². The Morgan fingerprint density at radius 2 is 1.87 bits per heavy atom. The molecule has 1 aliphatic heterocycles. The lowest BCUT2D eigenvalue weighted by molar-refractivity contribution is -0.142. The van der Waals surface area contributed by atoms with Crippen LogP contribution >= 0.6 is 11.6 Å². The molecular weight excluding hydrogens is 406 g/mol. The molecule has 2 atom stereocenters. The molecule has 1 N–H and O–H groups in total. The highest BCUT2D eigenvalue weighted by Gasteiger charge is 2.42. The van der Waals surface area contributed by atoms with E-state index in [1.165, 1.54) is 4.90 Å². The number of amides is 1. The maximum atomic E-state index is 12.5. The maximum absolute atomic E-state index is 12.5. The van der Waals surface area contributed by atoms with Crippen molar-refractivity contribution in [3.8, 4) is 5.75 Å². The molecule has 3 rings (SSSR count). The summed E-state index contributed by atoms with van der Waals surface area (Å²) in [5, 5.41) is 10.2. The van der Waals surface area contributed by atoms with Crippen LogP contribution in [0.2, 0.25) is 5.02 Å². The number of carbonyl (C=O) groups excluding carboxylic acids is 1. The molecule has 1 heterocycles. The van der Waals surface area contributed by atoms with Gasteiger partial charge in [0.25, 0.3) is 0 Å². The van der Waals surface area contributed by atoms with Gasteiger partial charge in [-0.2, -0.15) is 0 Å². The minimum Gasteiger partial charge on any atom is -0.488 e. The number of benzene rings is 2. The lowest BCUT2D eigenvalue weighted by Gasteiger charge is -2.26. The molecule has 1 saturated heterocycles. The minimum atomic E-state index is -1.08. The van der Waals surface area contributed by atoms with Gasteiger partial charge in [0.15, 0.2) is 0 Å². The van der Waals surface area contributed by atoms with Crippen molar-refractivity contribution in [1.29, 1.82) is 0 Å². The highest BCUT2D eigenvalue weighted by molar-refractivity contribution is 6.30. The smallest absolute Gasteiger partial charge is 0.411 e. The van der Waals surface area contributed by atoms with Gasteiger partial charge in [-0.05, 0) is 50.1 Å². The quantitative estimate of drug-likeness (QED) is 0.737. The predicted octanol–water partition coefficient (Wildman–Crippen LogP) is 4.77. The molecule has 160 valence electrons. The second kappa shape index (κ2) is 8.96. The molecule has 6 nitrogen and oxygen atoms in total. The van der Waals surface area contributed by atoms with Crippen molar-refractivity contribution in [2.24, 2.45) is 0 Å². The van der Waals surface area contributed by atoms with E-state index >= 15 is 0 Å². The van der Waals surface area contributed by atoms with Crippen molar-refractivity contribution in [2.75, 3.05) is 6.54 Å². The molecule has 1 fully saturated rings. The molecule has 2 aromatic carbocycles. The Labute approximate surface area is 181 Å². The van der Waals surface area contributed by atoms with E-state index in [0.717, 1.165) is 11.1 Å². The second-order valence-corrected chi connectivity index (χ2v) is 8.81. The molecule has 0 unspecified atom stereocenters. The number of hydrogen-bond donors (Lipinski definition) is 1. The van der Waals surface area contributed by atoms with Gasteiger partial charge in [-0.15, -0.1) is 0 Å². The SMILES string of the molecule is CC(C)(C)OC(=O)N1C[C@@H](Oc2ccc(Cl)cc2Cc2ccccc2)C[C@H]1C(=O)O. The fraction of sp³-hybridized carbons (Fsp3) is 0.391. The average molecular weight is 432 g/mol. The van der Waals surface area contributed by atoms with E-state index in [4.69, 9.17) is 21.1 Å². The number of nitrogens with zero attached hydrogens (tertiary/aromatic N) is 1. The number of carbonyl (C=O) groups is 2. The van der Waals surface area contributed by atoms with Crippen molar-refractivity contribution in [3.05, 3.63) is 64.7 Å². The van der Waals surface area contributed by atoms with Crippen molar-refractivity contribution in [3.63, 3.8) is 0 Å². The molecular formula is C23H26ClNO5. The molecule has 0 radical (unpaired) electrons. The lowest BCUT2D eigenvalue weighted by atomic mass is 10.0. The van der Waals surface area contributed by atoms with E-state index in [1.54, 1.807) is 32.9 Å². The largest absolute Gasteiger partial charge is 0.488 e. The van der Waals surface area contributed by atoms with Crippen molar-refractivity contribution < 1.29 is 24.2 Å². The molecule has 1 amide bonds. The van der Waals surface area contributed by atoms with Crippen LogP contribution in [-0.4, -0.2) is 46.4 Å². The first-order chi connectivity index (χ1) is 14.1. The van der Waals surface area contributed by atoms with Crippen LogP contribution in [0.1, 0.15) is 38.3 Å². The summed E-state index contributed by atoms with van der Waals surface area (Å²) in [6.45, 7) is 5.37. The van der Waals surface area contributed by atoms with Crippen LogP contribution in [0, 0.1) is 0 Å². The molecule has 7 heteroatoms. The van der Waals surface area contributed by atoms with E-state index in [2.05, 4.69) is 0 Å². The third-order valence-electron chi connectivity index (χ3n) is 4.73. The summed E-state index contributed by atoms with van der Waals surface area (Å²) in [4.78, 5) is 25.4. The van der Waals surface area contributed by atoms with E-state index in [9.17, 15) is 14.7 Å². The third kappa shape index (κ3) is 5.66. The van der Waals surface area contributed by atoms with Crippen LogP contribution in [-0.2, 0) is 16.0 Å². The van der Waals surface area contributed by atoms with Gasteiger partial charge in [0, 0.05) is 17.9 Å². The number of carboxylic acids is 1. The number of likely N-dealkylation sites (tertiary alicyclic amines) is 1. The molecule has 0 aromatic heterocycles. The Kier molecular flexibility index (Phi) is 6.56. The van der Waals surface area contributed by atoms with E-state index in [1.807, 2.05) is 36.4 Å². The number of rotatable bonds is 5. The first-order valence-corrected chi connectivity index (χ1v) is 10.2. The van der Waals surface area contributed by atoms with Crippen LogP contribution in [0.15, 0.2) is 48.5 Å². The molecule has 0 spiro atoms. The molecule has 0 bridgehead atoms. The van der Waals surface area contributed by atoms with E-state index in [-0.39, 0.29) is 13.0 Å². The Bertz CT molecular complexity index is 910. The summed E-state index contributed by atoms with van der Waals surface area (Å²) in [7, 11) is 0. The zero-order chi connectivity index (χ0) is 21.9. The third-order valence-corrected chi connectivity index (χ3v) is 4.96. The number of halogens is 1. The van der Waals surface area contributed by atoms with Crippen LogP contribution in [0.5, 0.6) is 5.75 Å². The lowest BCUT2D eigenvalue weighted by Crippen LogP contribution is -2.43. The Morgan fingerprint density at radius 3 is 2.50 bits per heavy atom. The summed E-state index contributed by atoms with van der Waals surface area (Å²) in [6, 6.07) is 14.3. The molecule has 0 saturated carbocycles. The number of hydrogen-bond acceptors (Lipinski definition) is 4. The van der Waals surface area contributed by atoms with Crippen LogP contribution < -0.4 is 4.74 Å². The van der Waals surface area contributed by atoms with Gasteiger partial charge in [-0.1, -0.05) is 41.9 Å². The van der Waals surface area contributed by atoms with Gasteiger partial charge in [0.1, 0.15) is 23.5 Å². The number of aliphatic carboxylic acids is 1. The topological polar surface area (TPSA) is 76.1 Å². The molecule has 2 aromatic rings. The Balaban J connectivity index is 1.77. The van der Waals surface area contributed by atoms with Crippen molar-refractivity contribution in [2.45, 2.75) is 51.4 Å². The second-order valence-electron chi connectivity index (χ2n) is 8.38. The molecule has 1 aliphatic rings. The molecule has 30 heavy (non-hydrogen) atoms. The standard InChI is InChI=1S/C23H26ClNO5/c1-23(2,3)30-22(28)25-14-18(13-19(25)21(26)27)29-20-10-9-17(24)12-16(20)11-15-7-5-4-6-8-15/h4-10,12,18-19H,11,13-14H2,1-3H3,(H,26,27)/t18-,19-/m0/s1. The summed E-state index contributed by atoms with van der Waals surface area (Å²) in [5.41, 5.74) is 1.30. The van der Waals surface area contributed by atoms with Gasteiger partial charge < -0.3 is 14.6 Å². The minimum absolute atomic E-state index is 0.138.